The molecule has 1 aromatic carbocycles. The number of H-pyrrole nitrogens is 1. The summed E-state index contributed by atoms with van der Waals surface area (Å²) in [4.78, 5) is 18.7. The summed E-state index contributed by atoms with van der Waals surface area (Å²) in [7, 11) is 0. The Labute approximate surface area is 137 Å². The van der Waals surface area contributed by atoms with Crippen LogP contribution >= 0.6 is 11.8 Å². The van der Waals surface area contributed by atoms with Crippen molar-refractivity contribution in [3.05, 3.63) is 39.9 Å². The summed E-state index contributed by atoms with van der Waals surface area (Å²) in [6, 6.07) is 5.92. The van der Waals surface area contributed by atoms with Crippen LogP contribution in [0.15, 0.2) is 28.2 Å². The van der Waals surface area contributed by atoms with Crippen LogP contribution < -0.4 is 10.3 Å². The lowest BCUT2D eigenvalue weighted by Crippen LogP contribution is -2.14. The van der Waals surface area contributed by atoms with E-state index < -0.39 is 11.4 Å². The first-order valence-corrected chi connectivity index (χ1v) is 8.33. The van der Waals surface area contributed by atoms with Gasteiger partial charge in [0.25, 0.3) is 5.56 Å². The van der Waals surface area contributed by atoms with Gasteiger partial charge in [0, 0.05) is 11.6 Å². The fraction of sp³-hybridized carbons (Fsp3) is 0.312. The first kappa shape index (κ1) is 17.0. The van der Waals surface area contributed by atoms with E-state index in [0.29, 0.717) is 23.1 Å². The van der Waals surface area contributed by atoms with Gasteiger partial charge in [0.15, 0.2) is 5.16 Å². The number of hydrogen-bond acceptors (Lipinski definition) is 5. The van der Waals surface area contributed by atoms with Crippen LogP contribution in [0.2, 0.25) is 0 Å². The maximum absolute atomic E-state index is 13.9. The third-order valence-electron chi connectivity index (χ3n) is 3.11. The number of unbranched alkanes of at least 4 members (excludes halogenated alkanes) is 1. The Morgan fingerprint density at radius 1 is 1.43 bits per heavy atom. The number of thioether (sulfide) groups is 1. The van der Waals surface area contributed by atoms with E-state index in [9.17, 15) is 14.4 Å². The minimum absolute atomic E-state index is 0.145. The fourth-order valence-corrected chi connectivity index (χ4v) is 2.36. The average Bonchev–Trinajstić information content (AvgIpc) is 2.53. The monoisotopic (exact) mass is 333 g/mol. The zero-order valence-corrected chi connectivity index (χ0v) is 13.7. The molecule has 0 aliphatic heterocycles. The van der Waals surface area contributed by atoms with Crippen molar-refractivity contribution in [1.82, 2.24) is 9.97 Å². The molecular weight excluding hydrogens is 317 g/mol. The van der Waals surface area contributed by atoms with Crippen LogP contribution in [0.4, 0.5) is 4.39 Å². The number of nitrogens with zero attached hydrogens (tertiary/aromatic N) is 2. The zero-order valence-electron chi connectivity index (χ0n) is 12.9. The summed E-state index contributed by atoms with van der Waals surface area (Å²) in [5.74, 6) is -0.157. The van der Waals surface area contributed by atoms with Gasteiger partial charge in [0.05, 0.1) is 12.3 Å². The highest BCUT2D eigenvalue weighted by atomic mass is 32.2. The molecule has 2 aromatic rings. The smallest absolute Gasteiger partial charge is 0.270 e. The molecule has 1 heterocycles. The molecule has 0 spiro atoms. The van der Waals surface area contributed by atoms with Gasteiger partial charge in [-0.15, -0.1) is 0 Å². The number of benzene rings is 1. The Hall–Kier alpha value is -2.33. The number of rotatable bonds is 6. The van der Waals surface area contributed by atoms with Crippen molar-refractivity contribution < 1.29 is 9.13 Å². The Balaban J connectivity index is 2.51. The molecule has 0 atom stereocenters. The van der Waals surface area contributed by atoms with E-state index in [1.165, 1.54) is 23.9 Å². The lowest BCUT2D eigenvalue weighted by atomic mass is 10.1. The van der Waals surface area contributed by atoms with Crippen LogP contribution in [-0.4, -0.2) is 22.8 Å². The maximum atomic E-state index is 13.9. The second-order valence-electron chi connectivity index (χ2n) is 4.79. The molecule has 5 nitrogen and oxygen atoms in total. The van der Waals surface area contributed by atoms with Gasteiger partial charge >= 0.3 is 0 Å². The van der Waals surface area contributed by atoms with Gasteiger partial charge in [-0.25, -0.2) is 9.37 Å². The molecule has 0 fully saturated rings. The summed E-state index contributed by atoms with van der Waals surface area (Å²) in [5, 5.41) is 9.56. The number of aromatic nitrogens is 2. The molecule has 2 rings (SSSR count). The summed E-state index contributed by atoms with van der Waals surface area (Å²) in [6.45, 7) is 2.51. The van der Waals surface area contributed by atoms with Gasteiger partial charge in [0.1, 0.15) is 23.2 Å². The zero-order chi connectivity index (χ0) is 16.8. The summed E-state index contributed by atoms with van der Waals surface area (Å²) < 4.78 is 19.4. The summed E-state index contributed by atoms with van der Waals surface area (Å²) in [5.41, 5.74) is -0.192. The summed E-state index contributed by atoms with van der Waals surface area (Å²) in [6.07, 6.45) is 3.57. The van der Waals surface area contributed by atoms with Crippen LogP contribution in [0.1, 0.15) is 25.3 Å². The lowest BCUT2D eigenvalue weighted by molar-refractivity contribution is 0.308. The van der Waals surface area contributed by atoms with Crippen LogP contribution in [0.3, 0.4) is 0 Å². The molecule has 0 aliphatic carbocycles. The molecule has 0 amide bonds. The normalized spacial score (nSPS) is 10.3. The largest absolute Gasteiger partial charge is 0.493 e. The lowest BCUT2D eigenvalue weighted by Gasteiger charge is -2.09. The van der Waals surface area contributed by atoms with Gasteiger partial charge in [-0.2, -0.15) is 5.26 Å². The predicted octanol–water partition coefficient (Wildman–Crippen LogP) is 3.35. The van der Waals surface area contributed by atoms with Crippen molar-refractivity contribution in [2.45, 2.75) is 24.9 Å². The number of nitrogens with one attached hydrogen (secondary N) is 1. The van der Waals surface area contributed by atoms with E-state index >= 15 is 0 Å². The van der Waals surface area contributed by atoms with E-state index in [0.717, 1.165) is 12.8 Å². The van der Waals surface area contributed by atoms with Crippen molar-refractivity contribution in [3.8, 4) is 23.1 Å². The molecule has 7 heteroatoms. The van der Waals surface area contributed by atoms with Crippen LogP contribution in [0.25, 0.3) is 11.3 Å². The number of hydrogen-bond donors (Lipinski definition) is 1. The molecule has 23 heavy (non-hydrogen) atoms. The minimum Gasteiger partial charge on any atom is -0.493 e. The first-order chi connectivity index (χ1) is 11.1. The Kier molecular flexibility index (Phi) is 5.77. The molecule has 0 saturated carbocycles. The molecule has 1 aromatic heterocycles. The Bertz CT molecular complexity index is 799. The second kappa shape index (κ2) is 7.79. The molecule has 0 unspecified atom stereocenters. The molecular formula is C16H16FN3O2S. The number of nitriles is 1. The Morgan fingerprint density at radius 3 is 2.87 bits per heavy atom. The highest BCUT2D eigenvalue weighted by molar-refractivity contribution is 7.98. The highest BCUT2D eigenvalue weighted by Gasteiger charge is 2.15. The quantitative estimate of drug-likeness (QED) is 0.498. The van der Waals surface area contributed by atoms with Crippen molar-refractivity contribution in [1.29, 1.82) is 5.26 Å². The number of aromatic amines is 1. The molecule has 0 radical (unpaired) electrons. The van der Waals surface area contributed by atoms with Crippen LogP contribution in [-0.2, 0) is 0 Å². The van der Waals surface area contributed by atoms with E-state index in [-0.39, 0.29) is 11.3 Å². The van der Waals surface area contributed by atoms with Crippen LogP contribution in [0.5, 0.6) is 5.75 Å². The van der Waals surface area contributed by atoms with Gasteiger partial charge in [0.2, 0.25) is 0 Å². The number of ether oxygens (including phenoxy) is 1. The maximum Gasteiger partial charge on any atom is 0.270 e. The van der Waals surface area contributed by atoms with E-state index in [2.05, 4.69) is 9.97 Å². The topological polar surface area (TPSA) is 78.8 Å². The highest BCUT2D eigenvalue weighted by Crippen LogP contribution is 2.26. The standard InChI is InChI=1S/C16H16FN3O2S/c1-3-4-5-22-12-7-10(6-11(17)8-12)14-13(9-18)15(21)20-16(19-14)23-2/h6-8H,3-5H2,1-2H3,(H,19,20,21). The molecule has 0 saturated heterocycles. The predicted molar refractivity (Wildman–Crippen MR) is 87.2 cm³/mol. The second-order valence-corrected chi connectivity index (χ2v) is 5.58. The van der Waals surface area contributed by atoms with Crippen molar-refractivity contribution in [3.63, 3.8) is 0 Å². The van der Waals surface area contributed by atoms with E-state index in [1.807, 2.05) is 13.0 Å². The number of halogens is 1. The van der Waals surface area contributed by atoms with Gasteiger partial charge in [-0.05, 0) is 24.8 Å². The van der Waals surface area contributed by atoms with E-state index in [4.69, 9.17) is 4.74 Å². The molecule has 0 aliphatic rings. The van der Waals surface area contributed by atoms with Gasteiger partial charge in [-0.1, -0.05) is 25.1 Å². The fourth-order valence-electron chi connectivity index (χ4n) is 1.98. The third kappa shape index (κ3) is 4.11. The van der Waals surface area contributed by atoms with Gasteiger partial charge in [-0.3, -0.25) is 4.79 Å². The molecule has 120 valence electrons. The first-order valence-electron chi connectivity index (χ1n) is 7.11. The summed E-state index contributed by atoms with van der Waals surface area (Å²) >= 11 is 1.24. The average molecular weight is 333 g/mol. The van der Waals surface area contributed by atoms with Crippen LogP contribution in [0, 0.1) is 17.1 Å². The van der Waals surface area contributed by atoms with Crippen molar-refractivity contribution in [2.24, 2.45) is 0 Å². The van der Waals surface area contributed by atoms with E-state index in [1.54, 1.807) is 12.3 Å². The molecule has 0 bridgehead atoms. The SMILES string of the molecule is CCCCOc1cc(F)cc(-c2nc(SC)[nH]c(=O)c2C#N)c1. The van der Waals surface area contributed by atoms with Crippen molar-refractivity contribution >= 4 is 11.8 Å². The van der Waals surface area contributed by atoms with Crippen molar-refractivity contribution in [2.75, 3.05) is 12.9 Å². The Morgan fingerprint density at radius 2 is 2.22 bits per heavy atom. The minimum atomic E-state index is -0.542. The van der Waals surface area contributed by atoms with Gasteiger partial charge < -0.3 is 9.72 Å². The third-order valence-corrected chi connectivity index (χ3v) is 3.69. The molecule has 1 N–H and O–H groups in total.